The molecule has 1 aromatic heterocycles. The first-order valence-corrected chi connectivity index (χ1v) is 10.6. The first-order chi connectivity index (χ1) is 14.2. The van der Waals surface area contributed by atoms with Crippen molar-refractivity contribution in [3.8, 4) is 0 Å². The monoisotopic (exact) mass is 396 g/mol. The zero-order chi connectivity index (χ0) is 20.1. The van der Waals surface area contributed by atoms with E-state index in [2.05, 4.69) is 62.5 Å². The van der Waals surface area contributed by atoms with Gasteiger partial charge in [-0.2, -0.15) is 5.10 Å². The molecule has 3 atom stereocenters. The Morgan fingerprint density at radius 3 is 2.90 bits per heavy atom. The Morgan fingerprint density at radius 1 is 1.28 bits per heavy atom. The maximum Gasteiger partial charge on any atom is 0.193 e. The van der Waals surface area contributed by atoms with Gasteiger partial charge in [0.25, 0.3) is 0 Å². The second kappa shape index (κ2) is 9.41. The highest BCUT2D eigenvalue weighted by atomic mass is 16.5. The number of ether oxygens (including phenoxy) is 1. The highest BCUT2D eigenvalue weighted by Gasteiger charge is 2.41. The van der Waals surface area contributed by atoms with E-state index in [1.54, 1.807) is 0 Å². The summed E-state index contributed by atoms with van der Waals surface area (Å²) in [5.74, 6) is 1.43. The Balaban J connectivity index is 1.32. The van der Waals surface area contributed by atoms with E-state index >= 15 is 0 Å². The number of hydrogen-bond acceptors (Lipinski definition) is 4. The maximum absolute atomic E-state index is 6.11. The number of benzene rings is 1. The van der Waals surface area contributed by atoms with Gasteiger partial charge in [-0.3, -0.25) is 14.6 Å². The Bertz CT molecular complexity index is 778. The summed E-state index contributed by atoms with van der Waals surface area (Å²) < 4.78 is 8.09. The highest BCUT2D eigenvalue weighted by molar-refractivity contribution is 5.80. The maximum atomic E-state index is 6.11. The number of morpholine rings is 1. The van der Waals surface area contributed by atoms with Crippen LogP contribution in [-0.4, -0.2) is 77.5 Å². The molecule has 2 fully saturated rings. The molecule has 7 nitrogen and oxygen atoms in total. The SMILES string of the molecule is CN=C(NCC(C)Cn1cccn1)N1CC2OCCN(Cc3ccccc3)C2C1. The van der Waals surface area contributed by atoms with E-state index in [-0.39, 0.29) is 6.10 Å². The van der Waals surface area contributed by atoms with Crippen LogP contribution < -0.4 is 5.32 Å². The van der Waals surface area contributed by atoms with Crippen molar-refractivity contribution in [2.24, 2.45) is 10.9 Å². The van der Waals surface area contributed by atoms with Gasteiger partial charge in [0.1, 0.15) is 0 Å². The number of nitrogens with zero attached hydrogens (tertiary/aromatic N) is 5. The van der Waals surface area contributed by atoms with Crippen LogP contribution in [0.15, 0.2) is 53.8 Å². The topological polar surface area (TPSA) is 57.9 Å². The van der Waals surface area contributed by atoms with Crippen molar-refractivity contribution >= 4 is 5.96 Å². The van der Waals surface area contributed by atoms with Gasteiger partial charge in [-0.15, -0.1) is 0 Å². The molecule has 2 aliphatic heterocycles. The summed E-state index contributed by atoms with van der Waals surface area (Å²) in [6.45, 7) is 8.60. The molecule has 3 heterocycles. The van der Waals surface area contributed by atoms with Crippen molar-refractivity contribution in [3.05, 3.63) is 54.4 Å². The van der Waals surface area contributed by atoms with Gasteiger partial charge in [-0.05, 0) is 17.5 Å². The third-order valence-electron chi connectivity index (χ3n) is 5.82. The largest absolute Gasteiger partial charge is 0.373 e. The van der Waals surface area contributed by atoms with E-state index in [1.165, 1.54) is 5.56 Å². The van der Waals surface area contributed by atoms with E-state index in [1.807, 2.05) is 30.2 Å². The van der Waals surface area contributed by atoms with Gasteiger partial charge in [-0.1, -0.05) is 37.3 Å². The predicted octanol–water partition coefficient (Wildman–Crippen LogP) is 1.68. The summed E-state index contributed by atoms with van der Waals surface area (Å²) in [6.07, 6.45) is 4.08. The molecule has 0 amide bonds. The fourth-order valence-electron chi connectivity index (χ4n) is 4.34. The quantitative estimate of drug-likeness (QED) is 0.595. The van der Waals surface area contributed by atoms with Crippen molar-refractivity contribution in [1.29, 1.82) is 0 Å². The average molecular weight is 397 g/mol. The van der Waals surface area contributed by atoms with E-state index in [0.29, 0.717) is 12.0 Å². The van der Waals surface area contributed by atoms with Crippen molar-refractivity contribution in [2.75, 3.05) is 39.8 Å². The van der Waals surface area contributed by atoms with E-state index in [9.17, 15) is 0 Å². The van der Waals surface area contributed by atoms with E-state index in [0.717, 1.165) is 51.8 Å². The number of hydrogen-bond donors (Lipinski definition) is 1. The van der Waals surface area contributed by atoms with Gasteiger partial charge in [-0.25, -0.2) is 0 Å². The molecule has 0 spiro atoms. The Kier molecular flexibility index (Phi) is 6.46. The number of aliphatic imine (C=N–C) groups is 1. The lowest BCUT2D eigenvalue weighted by atomic mass is 10.1. The minimum absolute atomic E-state index is 0.243. The van der Waals surface area contributed by atoms with Gasteiger partial charge >= 0.3 is 0 Å². The Hall–Kier alpha value is -2.38. The van der Waals surface area contributed by atoms with Crippen LogP contribution in [0, 0.1) is 5.92 Å². The molecule has 3 unspecified atom stereocenters. The molecule has 0 radical (unpaired) electrons. The van der Waals surface area contributed by atoms with Gasteiger partial charge in [0.15, 0.2) is 5.96 Å². The summed E-state index contributed by atoms with van der Waals surface area (Å²) in [5, 5.41) is 7.86. The van der Waals surface area contributed by atoms with Gasteiger partial charge < -0.3 is 15.0 Å². The molecule has 4 rings (SSSR count). The van der Waals surface area contributed by atoms with E-state index < -0.39 is 0 Å². The van der Waals surface area contributed by atoms with Crippen LogP contribution in [0.25, 0.3) is 0 Å². The predicted molar refractivity (Wildman–Crippen MR) is 115 cm³/mol. The van der Waals surface area contributed by atoms with Crippen molar-refractivity contribution in [2.45, 2.75) is 32.2 Å². The lowest BCUT2D eigenvalue weighted by Gasteiger charge is -2.36. The van der Waals surface area contributed by atoms with Gasteiger partial charge in [0, 0.05) is 58.7 Å². The second-order valence-electron chi connectivity index (χ2n) is 8.10. The molecule has 1 N–H and O–H groups in total. The zero-order valence-electron chi connectivity index (χ0n) is 17.4. The van der Waals surface area contributed by atoms with Crippen LogP contribution in [0.5, 0.6) is 0 Å². The molecule has 1 aromatic carbocycles. The molecule has 0 aliphatic carbocycles. The number of nitrogens with one attached hydrogen (secondary N) is 1. The Morgan fingerprint density at radius 2 is 2.14 bits per heavy atom. The molecular weight excluding hydrogens is 364 g/mol. The summed E-state index contributed by atoms with van der Waals surface area (Å²) in [4.78, 5) is 9.45. The first kappa shape index (κ1) is 19.9. The third kappa shape index (κ3) is 4.97. The van der Waals surface area contributed by atoms with Crippen LogP contribution in [0.2, 0.25) is 0 Å². The number of likely N-dealkylation sites (tertiary alicyclic amines) is 1. The van der Waals surface area contributed by atoms with Crippen LogP contribution in [0.1, 0.15) is 12.5 Å². The summed E-state index contributed by atoms with van der Waals surface area (Å²) >= 11 is 0. The zero-order valence-corrected chi connectivity index (χ0v) is 17.4. The number of guanidine groups is 1. The molecule has 2 saturated heterocycles. The first-order valence-electron chi connectivity index (χ1n) is 10.6. The molecule has 2 aliphatic rings. The summed E-state index contributed by atoms with van der Waals surface area (Å²) in [6, 6.07) is 13.1. The molecular formula is C22H32N6O. The summed E-state index contributed by atoms with van der Waals surface area (Å²) in [5.41, 5.74) is 1.36. The number of aromatic nitrogens is 2. The van der Waals surface area contributed by atoms with Crippen molar-refractivity contribution in [1.82, 2.24) is 24.9 Å². The molecule has 156 valence electrons. The molecule has 7 heteroatoms. The minimum atomic E-state index is 0.243. The number of fused-ring (bicyclic) bond motifs is 1. The standard InChI is InChI=1S/C22H32N6O/c1-18(14-28-10-6-9-25-28)13-24-22(23-2)27-16-20-21(17-27)29-12-11-26(20)15-19-7-4-3-5-8-19/h3-10,18,20-21H,11-17H2,1-2H3,(H,23,24). The molecule has 0 saturated carbocycles. The highest BCUT2D eigenvalue weighted by Crippen LogP contribution is 2.24. The lowest BCUT2D eigenvalue weighted by molar-refractivity contribution is -0.0502. The molecule has 29 heavy (non-hydrogen) atoms. The third-order valence-corrected chi connectivity index (χ3v) is 5.82. The minimum Gasteiger partial charge on any atom is -0.373 e. The van der Waals surface area contributed by atoms with Gasteiger partial charge in [0.2, 0.25) is 0 Å². The van der Waals surface area contributed by atoms with Crippen molar-refractivity contribution < 1.29 is 4.74 Å². The van der Waals surface area contributed by atoms with Crippen LogP contribution in [0.3, 0.4) is 0 Å². The fourth-order valence-corrected chi connectivity index (χ4v) is 4.34. The lowest BCUT2D eigenvalue weighted by Crippen LogP contribution is -2.50. The van der Waals surface area contributed by atoms with Crippen molar-refractivity contribution in [3.63, 3.8) is 0 Å². The average Bonchev–Trinajstić information content (AvgIpc) is 3.39. The smallest absolute Gasteiger partial charge is 0.193 e. The second-order valence-corrected chi connectivity index (χ2v) is 8.10. The fraction of sp³-hybridized carbons (Fsp3) is 0.545. The molecule has 0 bridgehead atoms. The van der Waals surface area contributed by atoms with Crippen LogP contribution >= 0.6 is 0 Å². The van der Waals surface area contributed by atoms with Crippen LogP contribution in [-0.2, 0) is 17.8 Å². The van der Waals surface area contributed by atoms with Gasteiger partial charge in [0.05, 0.1) is 18.8 Å². The van der Waals surface area contributed by atoms with E-state index in [4.69, 9.17) is 4.74 Å². The Labute approximate surface area is 173 Å². The van der Waals surface area contributed by atoms with Crippen LogP contribution in [0.4, 0.5) is 0 Å². The molecule has 2 aromatic rings. The summed E-state index contributed by atoms with van der Waals surface area (Å²) in [7, 11) is 1.87. The number of rotatable bonds is 6. The normalized spacial score (nSPS) is 23.8.